The maximum Gasteiger partial charge on any atom is 0.222 e. The second kappa shape index (κ2) is 7.15. The molecule has 0 saturated carbocycles. The van der Waals surface area contributed by atoms with Crippen molar-refractivity contribution in [2.45, 2.75) is 38.1 Å². The Morgan fingerprint density at radius 3 is 3.05 bits per heavy atom. The lowest BCUT2D eigenvalue weighted by Crippen LogP contribution is -2.39. The van der Waals surface area contributed by atoms with E-state index >= 15 is 0 Å². The highest BCUT2D eigenvalue weighted by atomic mass is 16.2. The van der Waals surface area contributed by atoms with E-state index in [1.807, 2.05) is 21.7 Å². The molecule has 3 heterocycles. The molecule has 1 aliphatic heterocycles. The van der Waals surface area contributed by atoms with Crippen molar-refractivity contribution in [3.05, 3.63) is 43.0 Å². The quantitative estimate of drug-likeness (QED) is 0.845. The van der Waals surface area contributed by atoms with Crippen LogP contribution in [0.2, 0.25) is 0 Å². The van der Waals surface area contributed by atoms with Gasteiger partial charge in [-0.1, -0.05) is 0 Å². The van der Waals surface area contributed by atoms with Gasteiger partial charge in [0.05, 0.1) is 6.33 Å². The van der Waals surface area contributed by atoms with Crippen molar-refractivity contribution in [1.82, 2.24) is 24.4 Å². The van der Waals surface area contributed by atoms with E-state index in [4.69, 9.17) is 0 Å². The van der Waals surface area contributed by atoms with Gasteiger partial charge in [0.2, 0.25) is 5.91 Å². The summed E-state index contributed by atoms with van der Waals surface area (Å²) in [6, 6.07) is 1.96. The van der Waals surface area contributed by atoms with E-state index in [2.05, 4.69) is 15.0 Å². The van der Waals surface area contributed by atoms with Gasteiger partial charge in [-0.05, 0) is 25.3 Å². The number of amides is 1. The summed E-state index contributed by atoms with van der Waals surface area (Å²) in [5.41, 5.74) is 1.05. The highest BCUT2D eigenvalue weighted by Crippen LogP contribution is 2.25. The maximum atomic E-state index is 12.4. The standard InChI is InChI=1S/C16H21N5O/c22-16(4-2-8-20-10-7-18-13-20)21-9-1-3-14(11-21)15-5-6-17-12-19-15/h5-7,10,12-14H,1-4,8-9,11H2. The molecule has 0 spiro atoms. The summed E-state index contributed by atoms with van der Waals surface area (Å²) < 4.78 is 2.01. The Morgan fingerprint density at radius 1 is 1.32 bits per heavy atom. The Hall–Kier alpha value is -2.24. The summed E-state index contributed by atoms with van der Waals surface area (Å²) in [6.45, 7) is 2.49. The molecule has 0 aliphatic carbocycles. The zero-order chi connectivity index (χ0) is 15.2. The second-order valence-corrected chi connectivity index (χ2v) is 5.72. The molecule has 3 rings (SSSR count). The summed E-state index contributed by atoms with van der Waals surface area (Å²) in [4.78, 5) is 26.7. The van der Waals surface area contributed by atoms with Gasteiger partial charge in [-0.25, -0.2) is 15.0 Å². The Morgan fingerprint density at radius 2 is 2.27 bits per heavy atom. The zero-order valence-corrected chi connectivity index (χ0v) is 12.6. The topological polar surface area (TPSA) is 63.9 Å². The molecule has 6 heteroatoms. The van der Waals surface area contributed by atoms with Crippen LogP contribution in [0, 0.1) is 0 Å². The molecule has 1 fully saturated rings. The SMILES string of the molecule is O=C(CCCn1ccnc1)N1CCCC(c2ccncn2)C1. The minimum absolute atomic E-state index is 0.249. The zero-order valence-electron chi connectivity index (χ0n) is 12.6. The lowest BCUT2D eigenvalue weighted by atomic mass is 9.94. The molecule has 1 amide bonds. The average molecular weight is 299 g/mol. The lowest BCUT2D eigenvalue weighted by molar-refractivity contribution is -0.132. The third kappa shape index (κ3) is 3.69. The number of hydrogen-bond acceptors (Lipinski definition) is 4. The highest BCUT2D eigenvalue weighted by molar-refractivity contribution is 5.76. The van der Waals surface area contributed by atoms with Gasteiger partial charge in [-0.2, -0.15) is 0 Å². The Bertz CT molecular complexity index is 584. The van der Waals surface area contributed by atoms with Crippen LogP contribution < -0.4 is 0 Å². The van der Waals surface area contributed by atoms with E-state index in [0.29, 0.717) is 12.3 Å². The number of carbonyl (C=O) groups is 1. The first-order valence-electron chi connectivity index (χ1n) is 7.82. The monoisotopic (exact) mass is 299 g/mol. The molecule has 0 radical (unpaired) electrons. The maximum absolute atomic E-state index is 12.4. The van der Waals surface area contributed by atoms with Crippen LogP contribution in [-0.4, -0.2) is 43.4 Å². The molecular formula is C16H21N5O. The summed E-state index contributed by atoms with van der Waals surface area (Å²) in [5, 5.41) is 0. The highest BCUT2D eigenvalue weighted by Gasteiger charge is 2.25. The summed E-state index contributed by atoms with van der Waals surface area (Å²) >= 11 is 0. The summed E-state index contributed by atoms with van der Waals surface area (Å²) in [7, 11) is 0. The number of hydrogen-bond donors (Lipinski definition) is 0. The van der Waals surface area contributed by atoms with E-state index in [9.17, 15) is 4.79 Å². The van der Waals surface area contributed by atoms with Gasteiger partial charge >= 0.3 is 0 Å². The van der Waals surface area contributed by atoms with Crippen molar-refractivity contribution in [2.24, 2.45) is 0 Å². The van der Waals surface area contributed by atoms with Crippen molar-refractivity contribution in [3.8, 4) is 0 Å². The van der Waals surface area contributed by atoms with Crippen LogP contribution in [0.5, 0.6) is 0 Å². The van der Waals surface area contributed by atoms with E-state index in [1.54, 1.807) is 25.0 Å². The van der Waals surface area contributed by atoms with Gasteiger partial charge in [0.1, 0.15) is 6.33 Å². The molecule has 22 heavy (non-hydrogen) atoms. The van der Waals surface area contributed by atoms with Crippen molar-refractivity contribution < 1.29 is 4.79 Å². The van der Waals surface area contributed by atoms with Gasteiger partial charge in [0.25, 0.3) is 0 Å². The number of nitrogens with zero attached hydrogens (tertiary/aromatic N) is 5. The molecule has 0 aromatic carbocycles. The molecule has 6 nitrogen and oxygen atoms in total. The van der Waals surface area contributed by atoms with Gasteiger partial charge < -0.3 is 9.47 Å². The molecule has 0 N–H and O–H groups in total. The van der Waals surface area contributed by atoms with Gasteiger partial charge in [-0.15, -0.1) is 0 Å². The Kier molecular flexibility index (Phi) is 4.78. The van der Waals surface area contributed by atoms with Crippen LogP contribution in [0.3, 0.4) is 0 Å². The van der Waals surface area contributed by atoms with E-state index in [-0.39, 0.29) is 5.91 Å². The van der Waals surface area contributed by atoms with Crippen LogP contribution in [-0.2, 0) is 11.3 Å². The molecule has 2 aromatic rings. The van der Waals surface area contributed by atoms with Gasteiger partial charge in [0, 0.05) is 56.3 Å². The third-order valence-corrected chi connectivity index (χ3v) is 4.16. The number of rotatable bonds is 5. The summed E-state index contributed by atoms with van der Waals surface area (Å²) in [5.74, 6) is 0.591. The fourth-order valence-electron chi connectivity index (χ4n) is 2.98. The molecule has 0 bridgehead atoms. The van der Waals surface area contributed by atoms with Gasteiger partial charge in [0.15, 0.2) is 0 Å². The Balaban J connectivity index is 1.49. The van der Waals surface area contributed by atoms with E-state index in [1.165, 1.54) is 0 Å². The molecule has 1 saturated heterocycles. The number of aryl methyl sites for hydroxylation is 1. The van der Waals surface area contributed by atoms with Crippen molar-refractivity contribution in [1.29, 1.82) is 0 Å². The van der Waals surface area contributed by atoms with Crippen molar-refractivity contribution >= 4 is 5.91 Å². The number of piperidine rings is 1. The predicted octanol–water partition coefficient (Wildman–Crippen LogP) is 1.86. The molecule has 1 aliphatic rings. The van der Waals surface area contributed by atoms with Crippen molar-refractivity contribution in [3.63, 3.8) is 0 Å². The minimum Gasteiger partial charge on any atom is -0.342 e. The minimum atomic E-state index is 0.249. The predicted molar refractivity (Wildman–Crippen MR) is 82.0 cm³/mol. The Labute approximate surface area is 130 Å². The van der Waals surface area contributed by atoms with Gasteiger partial charge in [-0.3, -0.25) is 4.79 Å². The first kappa shape index (κ1) is 14.7. The molecule has 2 aromatic heterocycles. The van der Waals surface area contributed by atoms with Crippen LogP contribution in [0.15, 0.2) is 37.3 Å². The molecule has 1 unspecified atom stereocenters. The average Bonchev–Trinajstić information content (AvgIpc) is 3.09. The molecule has 116 valence electrons. The summed E-state index contributed by atoms with van der Waals surface area (Å²) in [6.07, 6.45) is 12.4. The molecular weight excluding hydrogens is 278 g/mol. The normalized spacial score (nSPS) is 18.4. The van der Waals surface area contributed by atoms with Crippen LogP contribution in [0.25, 0.3) is 0 Å². The largest absolute Gasteiger partial charge is 0.342 e. The second-order valence-electron chi connectivity index (χ2n) is 5.72. The van der Waals surface area contributed by atoms with Crippen molar-refractivity contribution in [2.75, 3.05) is 13.1 Å². The lowest BCUT2D eigenvalue weighted by Gasteiger charge is -2.32. The smallest absolute Gasteiger partial charge is 0.222 e. The van der Waals surface area contributed by atoms with Crippen LogP contribution in [0.1, 0.15) is 37.3 Å². The fraction of sp³-hybridized carbons (Fsp3) is 0.500. The van der Waals surface area contributed by atoms with E-state index in [0.717, 1.165) is 44.6 Å². The van der Waals surface area contributed by atoms with Crippen LogP contribution in [0.4, 0.5) is 0 Å². The first-order valence-corrected chi connectivity index (χ1v) is 7.82. The first-order chi connectivity index (χ1) is 10.8. The number of imidazole rings is 1. The van der Waals surface area contributed by atoms with E-state index < -0.39 is 0 Å². The number of aromatic nitrogens is 4. The number of likely N-dealkylation sites (tertiary alicyclic amines) is 1. The van der Waals surface area contributed by atoms with Crippen LogP contribution >= 0.6 is 0 Å². The third-order valence-electron chi connectivity index (χ3n) is 4.16. The number of carbonyl (C=O) groups excluding carboxylic acids is 1. The molecule has 1 atom stereocenters. The fourth-order valence-corrected chi connectivity index (χ4v) is 2.98.